The Morgan fingerprint density at radius 2 is 1.59 bits per heavy atom. The molecule has 0 radical (unpaired) electrons. The van der Waals surface area contributed by atoms with Crippen LogP contribution in [0.4, 0.5) is 24.5 Å². The second-order valence-electron chi connectivity index (χ2n) is 6.43. The van der Waals surface area contributed by atoms with Gasteiger partial charge in [-0.25, -0.2) is 0 Å². The molecule has 5 nitrogen and oxygen atoms in total. The molecule has 0 spiro atoms. The fourth-order valence-corrected chi connectivity index (χ4v) is 3.29. The molecule has 0 unspecified atom stereocenters. The lowest BCUT2D eigenvalue weighted by molar-refractivity contribution is -0.384. The number of hydrogen-bond donors (Lipinski definition) is 0. The first kappa shape index (κ1) is 19.0. The molecule has 0 N–H and O–H groups in total. The number of nitro groups is 1. The van der Waals surface area contributed by atoms with Crippen LogP contribution in [-0.4, -0.2) is 24.4 Å². The van der Waals surface area contributed by atoms with E-state index in [1.807, 2.05) is 0 Å². The summed E-state index contributed by atoms with van der Waals surface area (Å²) in [5.74, 6) is -0.326. The van der Waals surface area contributed by atoms with Gasteiger partial charge in [-0.2, -0.15) is 0 Å². The van der Waals surface area contributed by atoms with Gasteiger partial charge in [0.1, 0.15) is 5.75 Å². The fourth-order valence-electron chi connectivity index (χ4n) is 3.29. The zero-order valence-corrected chi connectivity index (χ0v) is 14.5. The minimum Gasteiger partial charge on any atom is -0.406 e. The van der Waals surface area contributed by atoms with Crippen LogP contribution in [0.5, 0.6) is 5.75 Å². The van der Waals surface area contributed by atoms with Gasteiger partial charge in [-0.1, -0.05) is 25.0 Å². The fraction of sp³-hybridized carbons (Fsp3) is 0.368. The summed E-state index contributed by atoms with van der Waals surface area (Å²) in [5, 5.41) is 11.2. The van der Waals surface area contributed by atoms with Gasteiger partial charge in [0.15, 0.2) is 0 Å². The Morgan fingerprint density at radius 1 is 0.963 bits per heavy atom. The van der Waals surface area contributed by atoms with Gasteiger partial charge in [0.25, 0.3) is 5.69 Å². The van der Waals surface area contributed by atoms with E-state index in [1.165, 1.54) is 36.4 Å². The maximum Gasteiger partial charge on any atom is 0.573 e. The van der Waals surface area contributed by atoms with Crippen molar-refractivity contribution in [2.75, 3.05) is 18.0 Å². The quantitative estimate of drug-likeness (QED) is 0.516. The summed E-state index contributed by atoms with van der Waals surface area (Å²) in [6, 6.07) is 10.1. The number of rotatable bonds is 4. The number of alkyl halides is 3. The first-order valence-electron chi connectivity index (χ1n) is 8.73. The highest BCUT2D eigenvalue weighted by atomic mass is 19.4. The van der Waals surface area contributed by atoms with Crippen LogP contribution in [0, 0.1) is 10.1 Å². The molecule has 0 bridgehead atoms. The molecular formula is C19H19F3N2O3. The molecule has 2 aromatic carbocycles. The summed E-state index contributed by atoms with van der Waals surface area (Å²) >= 11 is 0. The van der Waals surface area contributed by atoms with Crippen LogP contribution in [0.1, 0.15) is 25.7 Å². The smallest absolute Gasteiger partial charge is 0.406 e. The number of hydrogen-bond acceptors (Lipinski definition) is 4. The van der Waals surface area contributed by atoms with E-state index in [1.54, 1.807) is 6.07 Å². The molecule has 0 aliphatic carbocycles. The monoisotopic (exact) mass is 380 g/mol. The molecule has 1 heterocycles. The summed E-state index contributed by atoms with van der Waals surface area (Å²) in [5.41, 5.74) is 2.03. The molecule has 1 saturated heterocycles. The van der Waals surface area contributed by atoms with Gasteiger partial charge in [-0.05, 0) is 36.6 Å². The molecule has 0 atom stereocenters. The van der Waals surface area contributed by atoms with Crippen molar-refractivity contribution in [3.05, 3.63) is 52.6 Å². The molecule has 3 rings (SSSR count). The average Bonchev–Trinajstić information content (AvgIpc) is 2.90. The molecule has 1 fully saturated rings. The highest BCUT2D eigenvalue weighted by molar-refractivity contribution is 5.81. The lowest BCUT2D eigenvalue weighted by Crippen LogP contribution is -2.24. The average molecular weight is 380 g/mol. The van der Waals surface area contributed by atoms with Gasteiger partial charge in [0.05, 0.1) is 4.92 Å². The van der Waals surface area contributed by atoms with Crippen molar-refractivity contribution in [3.63, 3.8) is 0 Å². The number of non-ortho nitro benzene ring substituents is 1. The first-order valence-corrected chi connectivity index (χ1v) is 8.73. The second kappa shape index (κ2) is 7.85. The third-order valence-corrected chi connectivity index (χ3v) is 4.54. The SMILES string of the molecule is O=[N+]([O-])c1ccc(N2CCCCCC2)c(-c2ccc(OC(F)(F)F)cc2)c1. The largest absolute Gasteiger partial charge is 0.573 e. The second-order valence-corrected chi connectivity index (χ2v) is 6.43. The predicted octanol–water partition coefficient (Wildman–Crippen LogP) is 5.54. The Labute approximate surface area is 154 Å². The van der Waals surface area contributed by atoms with Crippen LogP contribution in [0.25, 0.3) is 11.1 Å². The molecular weight excluding hydrogens is 361 g/mol. The van der Waals surface area contributed by atoms with Gasteiger partial charge in [-0.3, -0.25) is 10.1 Å². The Bertz CT molecular complexity index is 799. The number of nitro benzene ring substituents is 1. The van der Waals surface area contributed by atoms with Crippen LogP contribution in [-0.2, 0) is 0 Å². The van der Waals surface area contributed by atoms with Crippen molar-refractivity contribution >= 4 is 11.4 Å². The number of anilines is 1. The Kier molecular flexibility index (Phi) is 5.53. The molecule has 2 aromatic rings. The Hall–Kier alpha value is -2.77. The molecule has 8 heteroatoms. The van der Waals surface area contributed by atoms with Crippen molar-refractivity contribution in [1.29, 1.82) is 0 Å². The van der Waals surface area contributed by atoms with Crippen molar-refractivity contribution in [2.45, 2.75) is 32.0 Å². The minimum atomic E-state index is -4.76. The number of halogens is 3. The highest BCUT2D eigenvalue weighted by Gasteiger charge is 2.31. The number of ether oxygens (including phenoxy) is 1. The summed E-state index contributed by atoms with van der Waals surface area (Å²) < 4.78 is 40.9. The number of benzene rings is 2. The van der Waals surface area contributed by atoms with Crippen molar-refractivity contribution in [1.82, 2.24) is 0 Å². The lowest BCUT2D eigenvalue weighted by atomic mass is 10.0. The van der Waals surface area contributed by atoms with Gasteiger partial charge < -0.3 is 9.64 Å². The standard InChI is InChI=1S/C19H19F3N2O3/c20-19(21,22)27-16-8-5-14(6-9-16)17-13-15(24(25)26)7-10-18(17)23-11-3-1-2-4-12-23/h5-10,13H,1-4,11-12H2. The van der Waals surface area contributed by atoms with Crippen LogP contribution < -0.4 is 9.64 Å². The maximum absolute atomic E-state index is 12.3. The predicted molar refractivity (Wildman–Crippen MR) is 95.9 cm³/mol. The molecule has 144 valence electrons. The maximum atomic E-state index is 12.3. The van der Waals surface area contributed by atoms with Crippen LogP contribution in [0.3, 0.4) is 0 Å². The van der Waals surface area contributed by atoms with Gasteiger partial charge in [-0.15, -0.1) is 13.2 Å². The van der Waals surface area contributed by atoms with Crippen molar-refractivity contribution < 1.29 is 22.8 Å². The van der Waals surface area contributed by atoms with E-state index in [4.69, 9.17) is 0 Å². The Morgan fingerprint density at radius 3 is 2.15 bits per heavy atom. The Balaban J connectivity index is 1.98. The topological polar surface area (TPSA) is 55.6 Å². The van der Waals surface area contributed by atoms with Gasteiger partial charge in [0.2, 0.25) is 0 Å². The third kappa shape index (κ3) is 4.90. The van der Waals surface area contributed by atoms with Crippen LogP contribution in [0.2, 0.25) is 0 Å². The van der Waals surface area contributed by atoms with Crippen molar-refractivity contribution in [3.8, 4) is 16.9 Å². The lowest BCUT2D eigenvalue weighted by Gasteiger charge is -2.25. The zero-order chi connectivity index (χ0) is 19.4. The van der Waals surface area contributed by atoms with E-state index in [9.17, 15) is 23.3 Å². The summed E-state index contributed by atoms with van der Waals surface area (Å²) in [6.45, 7) is 1.69. The van der Waals surface area contributed by atoms with Crippen LogP contribution in [0.15, 0.2) is 42.5 Å². The first-order chi connectivity index (χ1) is 12.8. The van der Waals surface area contributed by atoms with E-state index in [0.717, 1.165) is 44.5 Å². The van der Waals surface area contributed by atoms with E-state index in [0.29, 0.717) is 11.1 Å². The van der Waals surface area contributed by atoms with Crippen LogP contribution >= 0.6 is 0 Å². The van der Waals surface area contributed by atoms with E-state index < -0.39 is 11.3 Å². The third-order valence-electron chi connectivity index (χ3n) is 4.54. The molecule has 1 aliphatic heterocycles. The van der Waals surface area contributed by atoms with E-state index in [2.05, 4.69) is 9.64 Å². The minimum absolute atomic E-state index is 0.0563. The summed E-state index contributed by atoms with van der Waals surface area (Å²) in [4.78, 5) is 12.9. The van der Waals surface area contributed by atoms with Gasteiger partial charge in [0, 0.05) is 36.5 Å². The van der Waals surface area contributed by atoms with Crippen molar-refractivity contribution in [2.24, 2.45) is 0 Å². The molecule has 0 amide bonds. The highest BCUT2D eigenvalue weighted by Crippen LogP contribution is 2.36. The van der Waals surface area contributed by atoms with E-state index >= 15 is 0 Å². The molecule has 0 saturated carbocycles. The molecule has 27 heavy (non-hydrogen) atoms. The van der Waals surface area contributed by atoms with Gasteiger partial charge >= 0.3 is 6.36 Å². The van der Waals surface area contributed by atoms with E-state index in [-0.39, 0.29) is 11.4 Å². The summed E-state index contributed by atoms with van der Waals surface area (Å²) in [7, 11) is 0. The normalized spacial score (nSPS) is 15.3. The zero-order valence-electron chi connectivity index (χ0n) is 14.5. The number of nitrogens with zero attached hydrogens (tertiary/aromatic N) is 2. The molecule has 1 aliphatic rings. The molecule has 0 aromatic heterocycles. The summed E-state index contributed by atoms with van der Waals surface area (Å²) in [6.07, 6.45) is -0.404.